The van der Waals surface area contributed by atoms with Gasteiger partial charge < -0.3 is 4.74 Å². The van der Waals surface area contributed by atoms with Gasteiger partial charge >= 0.3 is 0 Å². The Bertz CT molecular complexity index is 621. The lowest BCUT2D eigenvalue weighted by atomic mass is 10.1. The standard InChI is InChI=1S/C15H11Cl3O2/c1-9(15(19)10-3-2-4-11(16)5-10)20-14-7-12(17)6-13(18)8-14/h2-9H,1H3. The van der Waals surface area contributed by atoms with Gasteiger partial charge in [0.15, 0.2) is 6.10 Å². The molecular weight excluding hydrogens is 319 g/mol. The fourth-order valence-electron chi connectivity index (χ4n) is 1.73. The second kappa shape index (κ2) is 6.49. The van der Waals surface area contributed by atoms with Crippen LogP contribution in [-0.2, 0) is 0 Å². The van der Waals surface area contributed by atoms with Gasteiger partial charge in [0.2, 0.25) is 5.78 Å². The molecular formula is C15H11Cl3O2. The number of carbonyl (C=O) groups excluding carboxylic acids is 1. The van der Waals surface area contributed by atoms with Gasteiger partial charge in [-0.1, -0.05) is 46.9 Å². The molecule has 0 aliphatic carbocycles. The van der Waals surface area contributed by atoms with E-state index in [1.54, 1.807) is 49.4 Å². The summed E-state index contributed by atoms with van der Waals surface area (Å²) in [7, 11) is 0. The molecule has 0 heterocycles. The summed E-state index contributed by atoms with van der Waals surface area (Å²) >= 11 is 17.6. The lowest BCUT2D eigenvalue weighted by Crippen LogP contribution is -2.23. The van der Waals surface area contributed by atoms with Gasteiger partial charge in [0.1, 0.15) is 5.75 Å². The molecule has 104 valence electrons. The normalized spacial score (nSPS) is 12.0. The van der Waals surface area contributed by atoms with Gasteiger partial charge in [-0.25, -0.2) is 0 Å². The number of ether oxygens (including phenoxy) is 1. The molecule has 2 rings (SSSR count). The molecule has 0 saturated heterocycles. The summed E-state index contributed by atoms with van der Waals surface area (Å²) in [4.78, 5) is 12.2. The van der Waals surface area contributed by atoms with Gasteiger partial charge in [-0.2, -0.15) is 0 Å². The Hall–Kier alpha value is -1.22. The number of hydrogen-bond acceptors (Lipinski definition) is 2. The lowest BCUT2D eigenvalue weighted by molar-refractivity contribution is 0.0818. The Balaban J connectivity index is 2.15. The predicted octanol–water partition coefficient (Wildman–Crippen LogP) is 5.30. The molecule has 0 amide bonds. The highest BCUT2D eigenvalue weighted by molar-refractivity contribution is 6.34. The first-order chi connectivity index (χ1) is 9.45. The van der Waals surface area contributed by atoms with Crippen LogP contribution in [0.4, 0.5) is 0 Å². The summed E-state index contributed by atoms with van der Waals surface area (Å²) < 4.78 is 5.57. The molecule has 0 radical (unpaired) electrons. The summed E-state index contributed by atoms with van der Waals surface area (Å²) in [5, 5.41) is 1.42. The molecule has 2 nitrogen and oxygen atoms in total. The van der Waals surface area contributed by atoms with Crippen LogP contribution in [0, 0.1) is 0 Å². The van der Waals surface area contributed by atoms with Crippen LogP contribution in [0.3, 0.4) is 0 Å². The van der Waals surface area contributed by atoms with Crippen LogP contribution in [0.2, 0.25) is 15.1 Å². The van der Waals surface area contributed by atoms with Crippen molar-refractivity contribution in [3.63, 3.8) is 0 Å². The summed E-state index contributed by atoms with van der Waals surface area (Å²) in [5.74, 6) is 0.286. The van der Waals surface area contributed by atoms with Crippen LogP contribution in [0.25, 0.3) is 0 Å². The van der Waals surface area contributed by atoms with E-state index in [4.69, 9.17) is 39.5 Å². The number of rotatable bonds is 4. The van der Waals surface area contributed by atoms with Crippen molar-refractivity contribution in [3.8, 4) is 5.75 Å². The topological polar surface area (TPSA) is 26.3 Å². The molecule has 1 unspecified atom stereocenters. The van der Waals surface area contributed by atoms with Gasteiger partial charge in [0.25, 0.3) is 0 Å². The van der Waals surface area contributed by atoms with Crippen LogP contribution in [0.5, 0.6) is 5.75 Å². The van der Waals surface area contributed by atoms with Crippen LogP contribution in [0.15, 0.2) is 42.5 Å². The number of halogens is 3. The summed E-state index contributed by atoms with van der Waals surface area (Å²) in [6.45, 7) is 1.66. The van der Waals surface area contributed by atoms with Crippen molar-refractivity contribution < 1.29 is 9.53 Å². The molecule has 2 aromatic carbocycles. The number of ketones is 1. The first-order valence-electron chi connectivity index (χ1n) is 5.88. The maximum absolute atomic E-state index is 12.2. The van der Waals surface area contributed by atoms with E-state index in [1.807, 2.05) is 0 Å². The monoisotopic (exact) mass is 328 g/mol. The third-order valence-corrected chi connectivity index (χ3v) is 3.30. The molecule has 0 spiro atoms. The SMILES string of the molecule is CC(Oc1cc(Cl)cc(Cl)c1)C(=O)c1cccc(Cl)c1. The van der Waals surface area contributed by atoms with E-state index >= 15 is 0 Å². The number of benzene rings is 2. The molecule has 1 atom stereocenters. The van der Waals surface area contributed by atoms with Gasteiger partial charge in [0.05, 0.1) is 0 Å². The van der Waals surface area contributed by atoms with Crippen molar-refractivity contribution in [2.75, 3.05) is 0 Å². The van der Waals surface area contributed by atoms with Crippen molar-refractivity contribution >= 4 is 40.6 Å². The summed E-state index contributed by atoms with van der Waals surface area (Å²) in [5.41, 5.74) is 0.498. The largest absolute Gasteiger partial charge is 0.482 e. The highest BCUT2D eigenvalue weighted by atomic mass is 35.5. The third kappa shape index (κ3) is 3.89. The van der Waals surface area contributed by atoms with Crippen molar-refractivity contribution in [3.05, 3.63) is 63.1 Å². The van der Waals surface area contributed by atoms with E-state index < -0.39 is 6.10 Å². The quantitative estimate of drug-likeness (QED) is 0.712. The molecule has 5 heteroatoms. The highest BCUT2D eigenvalue weighted by Gasteiger charge is 2.17. The molecule has 0 bridgehead atoms. The third-order valence-electron chi connectivity index (χ3n) is 2.63. The Labute approximate surface area is 132 Å². The van der Waals surface area contributed by atoms with Gasteiger partial charge in [-0.15, -0.1) is 0 Å². The van der Waals surface area contributed by atoms with E-state index in [2.05, 4.69) is 0 Å². The van der Waals surface area contributed by atoms with Crippen LogP contribution < -0.4 is 4.74 Å². The Morgan fingerprint density at radius 1 is 1.00 bits per heavy atom. The van der Waals surface area contributed by atoms with Crippen LogP contribution >= 0.6 is 34.8 Å². The fourth-order valence-corrected chi connectivity index (χ4v) is 2.43. The Morgan fingerprint density at radius 2 is 1.65 bits per heavy atom. The minimum absolute atomic E-state index is 0.163. The second-order valence-corrected chi connectivity index (χ2v) is 5.55. The van der Waals surface area contributed by atoms with Crippen molar-refractivity contribution in [1.82, 2.24) is 0 Å². The zero-order chi connectivity index (χ0) is 14.7. The van der Waals surface area contributed by atoms with E-state index in [-0.39, 0.29) is 5.78 Å². The molecule has 0 aromatic heterocycles. The van der Waals surface area contributed by atoms with E-state index in [0.29, 0.717) is 26.4 Å². The fraction of sp³-hybridized carbons (Fsp3) is 0.133. The lowest BCUT2D eigenvalue weighted by Gasteiger charge is -2.14. The molecule has 0 saturated carbocycles. The minimum atomic E-state index is -0.664. The first-order valence-corrected chi connectivity index (χ1v) is 7.01. The van der Waals surface area contributed by atoms with E-state index in [9.17, 15) is 4.79 Å². The average molecular weight is 330 g/mol. The molecule has 0 aliphatic heterocycles. The van der Waals surface area contributed by atoms with Crippen LogP contribution in [-0.4, -0.2) is 11.9 Å². The summed E-state index contributed by atoms with van der Waals surface area (Å²) in [6.07, 6.45) is -0.664. The van der Waals surface area contributed by atoms with Crippen molar-refractivity contribution in [2.24, 2.45) is 0 Å². The molecule has 0 fully saturated rings. The highest BCUT2D eigenvalue weighted by Crippen LogP contribution is 2.25. The zero-order valence-electron chi connectivity index (χ0n) is 10.6. The smallest absolute Gasteiger partial charge is 0.203 e. The Kier molecular flexibility index (Phi) is 4.92. The maximum Gasteiger partial charge on any atom is 0.203 e. The van der Waals surface area contributed by atoms with E-state index in [0.717, 1.165) is 0 Å². The van der Waals surface area contributed by atoms with Crippen molar-refractivity contribution in [2.45, 2.75) is 13.0 Å². The van der Waals surface area contributed by atoms with E-state index in [1.165, 1.54) is 0 Å². The molecule has 2 aromatic rings. The zero-order valence-corrected chi connectivity index (χ0v) is 12.8. The number of Topliss-reactive ketones (excluding diaryl/α,β-unsaturated/α-hetero) is 1. The van der Waals surface area contributed by atoms with Gasteiger partial charge in [-0.05, 0) is 37.3 Å². The molecule has 0 N–H and O–H groups in total. The molecule has 20 heavy (non-hydrogen) atoms. The van der Waals surface area contributed by atoms with Crippen molar-refractivity contribution in [1.29, 1.82) is 0 Å². The predicted molar refractivity (Wildman–Crippen MR) is 82.3 cm³/mol. The number of hydrogen-bond donors (Lipinski definition) is 0. The summed E-state index contributed by atoms with van der Waals surface area (Å²) in [6, 6.07) is 11.5. The Morgan fingerprint density at radius 3 is 2.25 bits per heavy atom. The number of carbonyl (C=O) groups is 1. The molecule has 0 aliphatic rings. The minimum Gasteiger partial charge on any atom is -0.482 e. The second-order valence-electron chi connectivity index (χ2n) is 4.24. The maximum atomic E-state index is 12.2. The first kappa shape index (κ1) is 15.2. The van der Waals surface area contributed by atoms with Crippen LogP contribution in [0.1, 0.15) is 17.3 Å². The average Bonchev–Trinajstić information content (AvgIpc) is 2.36. The van der Waals surface area contributed by atoms with Gasteiger partial charge in [0, 0.05) is 20.6 Å². The van der Waals surface area contributed by atoms with Gasteiger partial charge in [-0.3, -0.25) is 4.79 Å².